The van der Waals surface area contributed by atoms with Gasteiger partial charge >= 0.3 is 0 Å². The summed E-state index contributed by atoms with van der Waals surface area (Å²) >= 11 is 0. The summed E-state index contributed by atoms with van der Waals surface area (Å²) < 4.78 is 0. The number of carbonyl (C=O) groups is 1. The molecule has 1 aromatic carbocycles. The molecule has 20 heavy (non-hydrogen) atoms. The number of hydrogen-bond acceptors (Lipinski definition) is 2. The lowest BCUT2D eigenvalue weighted by atomic mass is 10.1. The van der Waals surface area contributed by atoms with Crippen LogP contribution in [0.1, 0.15) is 37.0 Å². The van der Waals surface area contributed by atoms with E-state index in [4.69, 9.17) is 0 Å². The van der Waals surface area contributed by atoms with Gasteiger partial charge in [-0.1, -0.05) is 18.2 Å². The zero-order valence-corrected chi connectivity index (χ0v) is 12.2. The lowest BCUT2D eigenvalue weighted by molar-refractivity contribution is 0.0902. The molecule has 1 N–H and O–H groups in total. The highest BCUT2D eigenvalue weighted by Crippen LogP contribution is 2.30. The highest BCUT2D eigenvalue weighted by atomic mass is 16.1. The molecule has 106 valence electrons. The van der Waals surface area contributed by atoms with Gasteiger partial charge in [0.25, 0.3) is 0 Å². The van der Waals surface area contributed by atoms with E-state index in [2.05, 4.69) is 23.7 Å². The van der Waals surface area contributed by atoms with E-state index in [0.717, 1.165) is 28.9 Å². The second kappa shape index (κ2) is 5.41. The maximum Gasteiger partial charge on any atom is 0.178 e. The van der Waals surface area contributed by atoms with E-state index in [1.165, 1.54) is 12.8 Å². The minimum Gasteiger partial charge on any atom is -0.360 e. The number of nitrogens with zero attached hydrogens (tertiary/aromatic N) is 1. The SMILES string of the molecule is CC(C)N(CC(=O)c1c[nH]c2ccccc12)CC1CC1. The summed E-state index contributed by atoms with van der Waals surface area (Å²) in [6, 6.07) is 8.42. The van der Waals surface area contributed by atoms with Crippen molar-refractivity contribution in [1.29, 1.82) is 0 Å². The minimum atomic E-state index is 0.219. The summed E-state index contributed by atoms with van der Waals surface area (Å²) in [6.45, 7) is 5.93. The van der Waals surface area contributed by atoms with E-state index >= 15 is 0 Å². The molecule has 0 saturated heterocycles. The van der Waals surface area contributed by atoms with E-state index < -0.39 is 0 Å². The first-order chi connectivity index (χ1) is 9.65. The first kappa shape index (κ1) is 13.4. The van der Waals surface area contributed by atoms with Crippen LogP contribution in [-0.2, 0) is 0 Å². The fourth-order valence-electron chi connectivity index (χ4n) is 2.66. The van der Waals surface area contributed by atoms with Crippen LogP contribution in [0.2, 0.25) is 0 Å². The normalized spacial score (nSPS) is 15.4. The Balaban J connectivity index is 1.77. The number of carbonyl (C=O) groups excluding carboxylic acids is 1. The number of para-hydroxylation sites is 1. The van der Waals surface area contributed by atoms with Crippen LogP contribution in [0.15, 0.2) is 30.5 Å². The smallest absolute Gasteiger partial charge is 0.178 e. The molecule has 1 saturated carbocycles. The lowest BCUT2D eigenvalue weighted by Gasteiger charge is -2.25. The van der Waals surface area contributed by atoms with Gasteiger partial charge in [0.1, 0.15) is 0 Å². The van der Waals surface area contributed by atoms with E-state index in [-0.39, 0.29) is 5.78 Å². The maximum absolute atomic E-state index is 12.6. The first-order valence-electron chi connectivity index (χ1n) is 7.48. The minimum absolute atomic E-state index is 0.219. The average Bonchev–Trinajstić information content (AvgIpc) is 3.14. The van der Waals surface area contributed by atoms with Crippen LogP contribution in [0.3, 0.4) is 0 Å². The van der Waals surface area contributed by atoms with Gasteiger partial charge in [0.2, 0.25) is 0 Å². The molecule has 0 aliphatic heterocycles. The molecule has 0 spiro atoms. The van der Waals surface area contributed by atoms with Gasteiger partial charge in [-0.15, -0.1) is 0 Å². The number of rotatable bonds is 6. The highest BCUT2D eigenvalue weighted by molar-refractivity contribution is 6.08. The van der Waals surface area contributed by atoms with Crippen molar-refractivity contribution < 1.29 is 4.79 Å². The third-order valence-corrected chi connectivity index (χ3v) is 4.16. The predicted molar refractivity (Wildman–Crippen MR) is 82.1 cm³/mol. The molecular weight excluding hydrogens is 248 g/mol. The van der Waals surface area contributed by atoms with Crippen LogP contribution in [0.4, 0.5) is 0 Å². The molecule has 0 atom stereocenters. The fourth-order valence-corrected chi connectivity index (χ4v) is 2.66. The molecule has 3 nitrogen and oxygen atoms in total. The van der Waals surface area contributed by atoms with Crippen LogP contribution in [0.5, 0.6) is 0 Å². The molecule has 1 aromatic heterocycles. The Hall–Kier alpha value is -1.61. The number of fused-ring (bicyclic) bond motifs is 1. The summed E-state index contributed by atoms with van der Waals surface area (Å²) in [6.07, 6.45) is 4.50. The van der Waals surface area contributed by atoms with Crippen molar-refractivity contribution in [2.75, 3.05) is 13.1 Å². The fraction of sp³-hybridized carbons (Fsp3) is 0.471. The number of nitrogens with one attached hydrogen (secondary N) is 1. The number of aromatic amines is 1. The van der Waals surface area contributed by atoms with Gasteiger partial charge in [0.05, 0.1) is 6.54 Å². The van der Waals surface area contributed by atoms with Crippen molar-refractivity contribution in [2.45, 2.75) is 32.7 Å². The van der Waals surface area contributed by atoms with Crippen LogP contribution in [0, 0.1) is 5.92 Å². The van der Waals surface area contributed by atoms with Gasteiger partial charge < -0.3 is 4.98 Å². The third kappa shape index (κ3) is 2.78. The molecule has 3 rings (SSSR count). The monoisotopic (exact) mass is 270 g/mol. The summed E-state index contributed by atoms with van der Waals surface area (Å²) in [4.78, 5) is 18.1. The first-order valence-corrected chi connectivity index (χ1v) is 7.48. The van der Waals surface area contributed by atoms with Crippen molar-refractivity contribution in [3.63, 3.8) is 0 Å². The molecule has 1 aliphatic carbocycles. The van der Waals surface area contributed by atoms with Gasteiger partial charge in [-0.05, 0) is 38.7 Å². The van der Waals surface area contributed by atoms with Gasteiger partial charge in [-0.3, -0.25) is 9.69 Å². The van der Waals surface area contributed by atoms with Crippen LogP contribution >= 0.6 is 0 Å². The Morgan fingerprint density at radius 1 is 1.35 bits per heavy atom. The van der Waals surface area contributed by atoms with E-state index in [1.54, 1.807) is 0 Å². The van der Waals surface area contributed by atoms with Crippen LogP contribution in [0.25, 0.3) is 10.9 Å². The van der Waals surface area contributed by atoms with Crippen LogP contribution in [-0.4, -0.2) is 34.8 Å². The number of hydrogen-bond donors (Lipinski definition) is 1. The standard InChI is InChI=1S/C17H22N2O/c1-12(2)19(10-13-7-8-13)11-17(20)15-9-18-16-6-4-3-5-14(15)16/h3-6,9,12-13,18H,7-8,10-11H2,1-2H3. The summed E-state index contributed by atoms with van der Waals surface area (Å²) in [5.74, 6) is 1.03. The van der Waals surface area contributed by atoms with Crippen molar-refractivity contribution in [2.24, 2.45) is 5.92 Å². The zero-order chi connectivity index (χ0) is 14.1. The number of aromatic nitrogens is 1. The molecule has 1 fully saturated rings. The third-order valence-electron chi connectivity index (χ3n) is 4.16. The molecular formula is C17H22N2O. The largest absolute Gasteiger partial charge is 0.360 e. The Morgan fingerprint density at radius 2 is 2.10 bits per heavy atom. The molecule has 0 bridgehead atoms. The molecule has 2 aromatic rings. The second-order valence-corrected chi connectivity index (χ2v) is 6.14. The quantitative estimate of drug-likeness (QED) is 0.816. The molecule has 0 amide bonds. The number of ketones is 1. The van der Waals surface area contributed by atoms with Crippen molar-refractivity contribution in [3.05, 3.63) is 36.0 Å². The summed E-state index contributed by atoms with van der Waals surface area (Å²) in [5.41, 5.74) is 1.86. The Morgan fingerprint density at radius 3 is 2.80 bits per heavy atom. The number of benzene rings is 1. The summed E-state index contributed by atoms with van der Waals surface area (Å²) in [5, 5.41) is 1.03. The van der Waals surface area contributed by atoms with Crippen molar-refractivity contribution in [3.8, 4) is 0 Å². The van der Waals surface area contributed by atoms with E-state index in [0.29, 0.717) is 12.6 Å². The van der Waals surface area contributed by atoms with Crippen LogP contribution < -0.4 is 0 Å². The van der Waals surface area contributed by atoms with Gasteiger partial charge in [-0.25, -0.2) is 0 Å². The number of Topliss-reactive ketones (excluding diaryl/α,β-unsaturated/α-hetero) is 1. The van der Waals surface area contributed by atoms with Gasteiger partial charge in [-0.2, -0.15) is 0 Å². The predicted octanol–water partition coefficient (Wildman–Crippen LogP) is 3.47. The number of H-pyrrole nitrogens is 1. The Kier molecular flexibility index (Phi) is 3.62. The second-order valence-electron chi connectivity index (χ2n) is 6.14. The highest BCUT2D eigenvalue weighted by Gasteiger charge is 2.27. The van der Waals surface area contributed by atoms with Crippen molar-refractivity contribution >= 4 is 16.7 Å². The van der Waals surface area contributed by atoms with Gasteiger partial charge in [0.15, 0.2) is 5.78 Å². The molecule has 3 heteroatoms. The zero-order valence-electron chi connectivity index (χ0n) is 12.2. The van der Waals surface area contributed by atoms with Gasteiger partial charge in [0, 0.05) is 35.2 Å². The summed E-state index contributed by atoms with van der Waals surface area (Å²) in [7, 11) is 0. The van der Waals surface area contributed by atoms with E-state index in [9.17, 15) is 4.79 Å². The molecule has 1 heterocycles. The topological polar surface area (TPSA) is 36.1 Å². The molecule has 0 unspecified atom stereocenters. The molecule has 0 radical (unpaired) electrons. The maximum atomic E-state index is 12.6. The van der Waals surface area contributed by atoms with E-state index in [1.807, 2.05) is 30.5 Å². The van der Waals surface area contributed by atoms with Crippen molar-refractivity contribution in [1.82, 2.24) is 9.88 Å². The lowest BCUT2D eigenvalue weighted by Crippen LogP contribution is -2.37. The Labute approximate surface area is 120 Å². The average molecular weight is 270 g/mol. The molecule has 1 aliphatic rings. The Bertz CT molecular complexity index is 610.